The largest absolute Gasteiger partial charge is 0.326 e. The van der Waals surface area contributed by atoms with E-state index in [4.69, 9.17) is 16.6 Å². The van der Waals surface area contributed by atoms with Crippen LogP contribution in [0.2, 0.25) is 5.02 Å². The molecule has 8 nitrogen and oxygen atoms in total. The molecule has 2 aromatic heterocycles. The third kappa shape index (κ3) is 3.98. The minimum atomic E-state index is -3.47. The number of hydrogen-bond acceptors (Lipinski definition) is 7. The van der Waals surface area contributed by atoms with Crippen molar-refractivity contribution in [2.45, 2.75) is 43.0 Å². The molecule has 0 radical (unpaired) electrons. The quantitative estimate of drug-likeness (QED) is 0.502. The van der Waals surface area contributed by atoms with Crippen molar-refractivity contribution in [1.29, 1.82) is 0 Å². The number of amidine groups is 1. The summed E-state index contributed by atoms with van der Waals surface area (Å²) < 4.78 is 44.0. The highest BCUT2D eigenvalue weighted by molar-refractivity contribution is 7.91. The molecule has 36 heavy (non-hydrogen) atoms. The van der Waals surface area contributed by atoms with Gasteiger partial charge in [0.15, 0.2) is 10.8 Å². The third-order valence-electron chi connectivity index (χ3n) is 7.05. The molecule has 1 saturated carbocycles. The van der Waals surface area contributed by atoms with Crippen molar-refractivity contribution in [3.63, 3.8) is 0 Å². The summed E-state index contributed by atoms with van der Waals surface area (Å²) >= 11 is 7.99. The van der Waals surface area contributed by atoms with Crippen LogP contribution >= 0.6 is 22.9 Å². The number of aromatic nitrogens is 3. The molecule has 1 aliphatic carbocycles. The maximum absolute atomic E-state index is 13.9. The number of nitrogens with one attached hydrogen (secondary N) is 1. The van der Waals surface area contributed by atoms with Gasteiger partial charge in [0, 0.05) is 65.7 Å². The number of nitrogens with zero attached hydrogens (tertiary/aromatic N) is 5. The second-order valence-electron chi connectivity index (χ2n) is 9.68. The van der Waals surface area contributed by atoms with E-state index >= 15 is 0 Å². The molecule has 2 fully saturated rings. The Morgan fingerprint density at radius 2 is 2.08 bits per heavy atom. The summed E-state index contributed by atoms with van der Waals surface area (Å²) in [5, 5.41) is 7.50. The Bertz CT molecular complexity index is 1510. The zero-order chi connectivity index (χ0) is 25.2. The van der Waals surface area contributed by atoms with E-state index in [1.165, 1.54) is 23.5 Å². The van der Waals surface area contributed by atoms with Crippen LogP contribution in [-0.4, -0.2) is 51.3 Å². The average molecular weight is 547 g/mol. The molecule has 3 aliphatic rings. The van der Waals surface area contributed by atoms with Gasteiger partial charge in [-0.25, -0.2) is 22.5 Å². The Kier molecular flexibility index (Phi) is 5.60. The fourth-order valence-corrected chi connectivity index (χ4v) is 7.24. The van der Waals surface area contributed by atoms with E-state index in [1.54, 1.807) is 23.9 Å². The van der Waals surface area contributed by atoms with Crippen LogP contribution in [0, 0.1) is 5.82 Å². The second-order valence-corrected chi connectivity index (χ2v) is 13.2. The number of rotatable bonds is 6. The van der Waals surface area contributed by atoms with Gasteiger partial charge in [0.1, 0.15) is 11.9 Å². The van der Waals surface area contributed by atoms with Crippen molar-refractivity contribution < 1.29 is 12.8 Å². The summed E-state index contributed by atoms with van der Waals surface area (Å²) in [5.41, 5.74) is 3.09. The second kappa shape index (κ2) is 8.47. The van der Waals surface area contributed by atoms with Gasteiger partial charge in [0.05, 0.1) is 10.4 Å². The average Bonchev–Trinajstić information content (AvgIpc) is 3.20. The monoisotopic (exact) mass is 546 g/mol. The van der Waals surface area contributed by atoms with E-state index in [2.05, 4.69) is 14.8 Å². The summed E-state index contributed by atoms with van der Waals surface area (Å²) in [6.45, 7) is 2.20. The van der Waals surface area contributed by atoms with Gasteiger partial charge in [-0.05, 0) is 38.0 Å². The Morgan fingerprint density at radius 3 is 2.72 bits per heavy atom. The maximum Gasteiger partial charge on any atom is 0.217 e. The van der Waals surface area contributed by atoms with Crippen molar-refractivity contribution in [2.75, 3.05) is 6.54 Å². The van der Waals surface area contributed by atoms with E-state index in [0.29, 0.717) is 47.9 Å². The molecule has 6 rings (SSSR count). The molecule has 0 unspecified atom stereocenters. The highest BCUT2D eigenvalue weighted by Crippen LogP contribution is 2.47. The molecule has 3 aromatic rings. The van der Waals surface area contributed by atoms with Crippen LogP contribution in [0.5, 0.6) is 0 Å². The van der Waals surface area contributed by atoms with E-state index in [0.717, 1.165) is 11.3 Å². The van der Waals surface area contributed by atoms with Crippen molar-refractivity contribution >= 4 is 44.4 Å². The zero-order valence-corrected chi connectivity index (χ0v) is 22.0. The van der Waals surface area contributed by atoms with Crippen molar-refractivity contribution in [2.24, 2.45) is 12.0 Å². The molecule has 1 N–H and O–H groups in total. The van der Waals surface area contributed by atoms with Crippen molar-refractivity contribution in [1.82, 2.24) is 24.4 Å². The Hall–Kier alpha value is -2.60. The molecule has 2 aliphatic heterocycles. The molecular formula is C24H24ClFN6O2S2. The molecule has 0 bridgehead atoms. The smallest absolute Gasteiger partial charge is 0.217 e. The van der Waals surface area contributed by atoms with Gasteiger partial charge in [-0.1, -0.05) is 17.7 Å². The normalized spacial score (nSPS) is 23.1. The molecule has 0 spiro atoms. The lowest BCUT2D eigenvalue weighted by Crippen LogP contribution is -2.43. The van der Waals surface area contributed by atoms with Crippen LogP contribution in [-0.2, 0) is 17.1 Å². The SMILES string of the molecule is Cn1ccc(C2=C3C[C@H](NS(=O)(=O)C4(C)CC4)CN3C(c3nccs3)=N[C@H]2c2ccc(F)cc2Cl)n1. The number of sulfonamides is 1. The molecule has 188 valence electrons. The fraction of sp³-hybridized carbons (Fsp3) is 0.375. The number of hydrogen-bond donors (Lipinski definition) is 1. The van der Waals surface area contributed by atoms with Crippen LogP contribution in [0.15, 0.2) is 52.7 Å². The summed E-state index contributed by atoms with van der Waals surface area (Å²) in [7, 11) is -1.64. The van der Waals surface area contributed by atoms with E-state index in [9.17, 15) is 12.8 Å². The molecule has 0 amide bonds. The van der Waals surface area contributed by atoms with Crippen LogP contribution in [0.4, 0.5) is 4.39 Å². The first kappa shape index (κ1) is 23.8. The van der Waals surface area contributed by atoms with Crippen molar-refractivity contribution in [3.8, 4) is 0 Å². The molecule has 1 saturated heterocycles. The van der Waals surface area contributed by atoms with Gasteiger partial charge in [-0.15, -0.1) is 11.3 Å². The predicted molar refractivity (Wildman–Crippen MR) is 138 cm³/mol. The maximum atomic E-state index is 13.9. The Morgan fingerprint density at radius 1 is 1.28 bits per heavy atom. The highest BCUT2D eigenvalue weighted by Gasteiger charge is 2.52. The third-order valence-corrected chi connectivity index (χ3v) is 10.5. The minimum absolute atomic E-state index is 0.265. The number of aliphatic imine (C=N–C) groups is 1. The zero-order valence-electron chi connectivity index (χ0n) is 19.6. The number of halogens is 2. The first-order chi connectivity index (χ1) is 17.1. The van der Waals surface area contributed by atoms with Gasteiger partial charge in [0.25, 0.3) is 0 Å². The highest BCUT2D eigenvalue weighted by atomic mass is 35.5. The lowest BCUT2D eigenvalue weighted by atomic mass is 9.92. The number of thiazole rings is 1. The van der Waals surface area contributed by atoms with Gasteiger partial charge >= 0.3 is 0 Å². The van der Waals surface area contributed by atoms with Crippen LogP contribution in [0.25, 0.3) is 5.57 Å². The van der Waals surface area contributed by atoms with Crippen LogP contribution in [0.1, 0.15) is 48.5 Å². The topological polar surface area (TPSA) is 92.5 Å². The fourth-order valence-electron chi connectivity index (χ4n) is 4.81. The van der Waals surface area contributed by atoms with E-state index in [1.807, 2.05) is 29.6 Å². The van der Waals surface area contributed by atoms with Gasteiger partial charge in [-0.2, -0.15) is 5.10 Å². The van der Waals surface area contributed by atoms with E-state index < -0.39 is 26.6 Å². The number of aryl methyl sites for hydroxylation is 1. The Labute approximate surface area is 217 Å². The van der Waals surface area contributed by atoms with Crippen LogP contribution in [0.3, 0.4) is 0 Å². The molecular weight excluding hydrogens is 523 g/mol. The van der Waals surface area contributed by atoms with Gasteiger partial charge in [0.2, 0.25) is 10.0 Å². The molecule has 12 heteroatoms. The summed E-state index contributed by atoms with van der Waals surface area (Å²) in [4.78, 5) is 11.6. The lowest BCUT2D eigenvalue weighted by Gasteiger charge is -2.32. The van der Waals surface area contributed by atoms with Gasteiger partial charge in [-0.3, -0.25) is 9.67 Å². The Balaban J connectivity index is 1.50. The van der Waals surface area contributed by atoms with Gasteiger partial charge < -0.3 is 4.90 Å². The first-order valence-corrected chi connectivity index (χ1v) is 14.3. The predicted octanol–water partition coefficient (Wildman–Crippen LogP) is 4.13. The number of benzene rings is 1. The minimum Gasteiger partial charge on any atom is -0.326 e. The molecule has 1 aromatic carbocycles. The molecule has 4 heterocycles. The first-order valence-electron chi connectivity index (χ1n) is 11.6. The lowest BCUT2D eigenvalue weighted by molar-refractivity contribution is 0.512. The van der Waals surface area contributed by atoms with Crippen molar-refractivity contribution in [3.05, 3.63) is 74.8 Å². The van der Waals surface area contributed by atoms with Crippen LogP contribution < -0.4 is 4.72 Å². The standard InChI is InChI=1S/C24H24ClFN6O2S2/c1-24(6-7-24)36(33,34)30-15-12-19-20(18-5-9-31(2)29-18)21(16-4-3-14(26)11-17(16)25)28-22(32(19)13-15)23-27-8-10-35-23/h3-5,8-11,15,21,30H,6-7,12-13H2,1-2H3/t15-,21-/m0/s1. The summed E-state index contributed by atoms with van der Waals surface area (Å²) in [6.07, 6.45) is 5.35. The summed E-state index contributed by atoms with van der Waals surface area (Å²) in [5.74, 6) is 0.214. The summed E-state index contributed by atoms with van der Waals surface area (Å²) in [6, 6.07) is 5.30. The van der Waals surface area contributed by atoms with E-state index in [-0.39, 0.29) is 11.1 Å². The molecule has 2 atom stereocenters. The number of fused-ring (bicyclic) bond motifs is 1.